The number of benzene rings is 1. The molecule has 19 heavy (non-hydrogen) atoms. The second-order valence-electron chi connectivity index (χ2n) is 5.02. The summed E-state index contributed by atoms with van der Waals surface area (Å²) in [6.07, 6.45) is 1.42. The van der Waals surface area contributed by atoms with Crippen molar-refractivity contribution in [2.24, 2.45) is 5.92 Å². The van der Waals surface area contributed by atoms with E-state index in [2.05, 4.69) is 15.9 Å². The average Bonchev–Trinajstić information content (AvgIpc) is 2.41. The fourth-order valence-electron chi connectivity index (χ4n) is 2.40. The molecule has 104 valence electrons. The molecule has 1 amide bonds. The van der Waals surface area contributed by atoms with Crippen molar-refractivity contribution in [3.8, 4) is 0 Å². The number of aliphatic hydroxyl groups is 1. The molecule has 1 N–H and O–H groups in total. The number of nitrogens with zero attached hydrogens (tertiary/aromatic N) is 1. The largest absolute Gasteiger partial charge is 0.393 e. The van der Waals surface area contributed by atoms with E-state index in [1.54, 1.807) is 11.8 Å². The number of likely N-dealkylation sites (tertiary alicyclic amines) is 1. The fourth-order valence-corrected chi connectivity index (χ4v) is 2.78. The van der Waals surface area contributed by atoms with Crippen molar-refractivity contribution < 1.29 is 14.3 Å². The smallest absolute Gasteiger partial charge is 0.253 e. The molecule has 2 atom stereocenters. The Bertz CT molecular complexity index is 479. The van der Waals surface area contributed by atoms with Crippen molar-refractivity contribution in [1.29, 1.82) is 0 Å². The van der Waals surface area contributed by atoms with Gasteiger partial charge in [-0.1, -0.05) is 0 Å². The summed E-state index contributed by atoms with van der Waals surface area (Å²) in [5.41, 5.74) is 0.472. The van der Waals surface area contributed by atoms with Gasteiger partial charge in [0.2, 0.25) is 0 Å². The lowest BCUT2D eigenvalue weighted by Crippen LogP contribution is -2.42. The lowest BCUT2D eigenvalue weighted by atomic mass is 9.93. The third kappa shape index (κ3) is 3.34. The van der Waals surface area contributed by atoms with Crippen LogP contribution in [0.5, 0.6) is 0 Å². The maximum Gasteiger partial charge on any atom is 0.253 e. The van der Waals surface area contributed by atoms with Crippen LogP contribution in [0.2, 0.25) is 0 Å². The van der Waals surface area contributed by atoms with Crippen molar-refractivity contribution in [3.05, 3.63) is 34.1 Å². The monoisotopic (exact) mass is 329 g/mol. The van der Waals surface area contributed by atoms with Gasteiger partial charge >= 0.3 is 0 Å². The summed E-state index contributed by atoms with van der Waals surface area (Å²) in [5.74, 6) is -0.357. The zero-order valence-electron chi connectivity index (χ0n) is 10.8. The Morgan fingerprint density at radius 2 is 2.32 bits per heavy atom. The summed E-state index contributed by atoms with van der Waals surface area (Å²) in [7, 11) is 0. The van der Waals surface area contributed by atoms with Crippen LogP contribution in [0.1, 0.15) is 30.1 Å². The normalized spacial score (nSPS) is 21.3. The van der Waals surface area contributed by atoms with Gasteiger partial charge in [-0.15, -0.1) is 0 Å². The zero-order valence-corrected chi connectivity index (χ0v) is 12.4. The van der Waals surface area contributed by atoms with E-state index in [9.17, 15) is 14.3 Å². The third-order valence-electron chi connectivity index (χ3n) is 3.59. The molecule has 1 aliphatic rings. The van der Waals surface area contributed by atoms with E-state index in [-0.39, 0.29) is 17.6 Å². The van der Waals surface area contributed by atoms with Gasteiger partial charge in [-0.3, -0.25) is 4.79 Å². The summed E-state index contributed by atoms with van der Waals surface area (Å²) < 4.78 is 13.5. The van der Waals surface area contributed by atoms with Gasteiger partial charge in [0.1, 0.15) is 5.82 Å². The molecule has 0 saturated carbocycles. The second kappa shape index (κ2) is 6.01. The van der Waals surface area contributed by atoms with Gasteiger partial charge in [-0.05, 0) is 53.9 Å². The van der Waals surface area contributed by atoms with Crippen LogP contribution in [-0.4, -0.2) is 35.1 Å². The van der Waals surface area contributed by atoms with Crippen LogP contribution in [0.15, 0.2) is 22.7 Å². The summed E-state index contributed by atoms with van der Waals surface area (Å²) in [6.45, 7) is 3.01. The summed E-state index contributed by atoms with van der Waals surface area (Å²) in [5, 5.41) is 9.63. The number of rotatable bonds is 2. The van der Waals surface area contributed by atoms with Gasteiger partial charge in [-0.2, -0.15) is 0 Å². The lowest BCUT2D eigenvalue weighted by molar-refractivity contribution is 0.0466. The highest BCUT2D eigenvalue weighted by Crippen LogP contribution is 2.23. The molecular formula is C14H17BrFNO2. The molecule has 1 aromatic carbocycles. The zero-order chi connectivity index (χ0) is 14.0. The molecule has 0 aromatic heterocycles. The van der Waals surface area contributed by atoms with E-state index in [1.807, 2.05) is 0 Å². The fraction of sp³-hybridized carbons (Fsp3) is 0.500. The molecule has 0 aliphatic carbocycles. The Morgan fingerprint density at radius 3 is 2.95 bits per heavy atom. The number of carbonyl (C=O) groups excluding carboxylic acids is 1. The number of aliphatic hydroxyl groups excluding tert-OH is 1. The van der Waals surface area contributed by atoms with Crippen LogP contribution in [0.3, 0.4) is 0 Å². The number of hydrogen-bond acceptors (Lipinski definition) is 2. The minimum absolute atomic E-state index is 0.106. The Hall–Kier alpha value is -0.940. The highest BCUT2D eigenvalue weighted by Gasteiger charge is 2.27. The van der Waals surface area contributed by atoms with Crippen LogP contribution < -0.4 is 0 Å². The van der Waals surface area contributed by atoms with Gasteiger partial charge < -0.3 is 10.0 Å². The molecule has 1 aromatic rings. The van der Waals surface area contributed by atoms with Gasteiger partial charge in [-0.25, -0.2) is 4.39 Å². The molecule has 1 aliphatic heterocycles. The SMILES string of the molecule is CC(O)C1CCCN(C(=O)c2ccc(F)c(Br)c2)C1. The van der Waals surface area contributed by atoms with Crippen LogP contribution in [-0.2, 0) is 0 Å². The molecule has 1 heterocycles. The minimum atomic E-state index is -0.407. The van der Waals surface area contributed by atoms with Crippen molar-refractivity contribution >= 4 is 21.8 Å². The Balaban J connectivity index is 2.12. The maximum absolute atomic E-state index is 13.2. The first-order valence-electron chi connectivity index (χ1n) is 6.41. The quantitative estimate of drug-likeness (QED) is 0.906. The maximum atomic E-state index is 13.2. The predicted molar refractivity (Wildman–Crippen MR) is 74.4 cm³/mol. The Morgan fingerprint density at radius 1 is 1.58 bits per heavy atom. The first kappa shape index (κ1) is 14.5. The topological polar surface area (TPSA) is 40.5 Å². The highest BCUT2D eigenvalue weighted by molar-refractivity contribution is 9.10. The number of amides is 1. The third-order valence-corrected chi connectivity index (χ3v) is 4.20. The van der Waals surface area contributed by atoms with Gasteiger partial charge in [0.05, 0.1) is 10.6 Å². The minimum Gasteiger partial charge on any atom is -0.393 e. The van der Waals surface area contributed by atoms with E-state index in [1.165, 1.54) is 18.2 Å². The van der Waals surface area contributed by atoms with Crippen LogP contribution in [0, 0.1) is 11.7 Å². The summed E-state index contributed by atoms with van der Waals surface area (Å²) in [4.78, 5) is 14.1. The second-order valence-corrected chi connectivity index (χ2v) is 5.88. The van der Waals surface area contributed by atoms with Crippen molar-refractivity contribution in [3.63, 3.8) is 0 Å². The number of piperidine rings is 1. The molecule has 0 spiro atoms. The van der Waals surface area contributed by atoms with Crippen molar-refractivity contribution in [1.82, 2.24) is 4.90 Å². The number of halogens is 2. The summed E-state index contributed by atoms with van der Waals surface area (Å²) in [6, 6.07) is 4.28. The number of carbonyl (C=O) groups is 1. The highest BCUT2D eigenvalue weighted by atomic mass is 79.9. The lowest BCUT2D eigenvalue weighted by Gasteiger charge is -2.34. The van der Waals surface area contributed by atoms with E-state index in [0.717, 1.165) is 12.8 Å². The van der Waals surface area contributed by atoms with Gasteiger partial charge in [0, 0.05) is 24.6 Å². The molecule has 5 heteroatoms. The standard InChI is InChI=1S/C14H17BrFNO2/c1-9(18)11-3-2-6-17(8-11)14(19)10-4-5-13(16)12(15)7-10/h4-5,7,9,11,18H,2-3,6,8H2,1H3. The van der Waals surface area contributed by atoms with Gasteiger partial charge in [0.15, 0.2) is 0 Å². The molecule has 0 radical (unpaired) electrons. The molecule has 1 fully saturated rings. The molecule has 2 unspecified atom stereocenters. The predicted octanol–water partition coefficient (Wildman–Crippen LogP) is 2.82. The average molecular weight is 330 g/mol. The Kier molecular flexibility index (Phi) is 4.58. The first-order valence-corrected chi connectivity index (χ1v) is 7.20. The van der Waals surface area contributed by atoms with E-state index in [0.29, 0.717) is 23.1 Å². The molecular weight excluding hydrogens is 313 g/mol. The van der Waals surface area contributed by atoms with E-state index < -0.39 is 6.10 Å². The molecule has 0 bridgehead atoms. The number of hydrogen-bond donors (Lipinski definition) is 1. The van der Waals surface area contributed by atoms with E-state index in [4.69, 9.17) is 0 Å². The van der Waals surface area contributed by atoms with Crippen molar-refractivity contribution in [2.75, 3.05) is 13.1 Å². The molecule has 3 nitrogen and oxygen atoms in total. The Labute approximate surface area is 120 Å². The van der Waals surface area contributed by atoms with Crippen molar-refractivity contribution in [2.45, 2.75) is 25.9 Å². The van der Waals surface area contributed by atoms with Crippen LogP contribution >= 0.6 is 15.9 Å². The first-order chi connectivity index (χ1) is 8.99. The van der Waals surface area contributed by atoms with Crippen LogP contribution in [0.4, 0.5) is 4.39 Å². The molecule has 1 saturated heterocycles. The van der Waals surface area contributed by atoms with Gasteiger partial charge in [0.25, 0.3) is 5.91 Å². The van der Waals surface area contributed by atoms with E-state index >= 15 is 0 Å². The summed E-state index contributed by atoms with van der Waals surface area (Å²) >= 11 is 3.09. The van der Waals surface area contributed by atoms with Crippen LogP contribution in [0.25, 0.3) is 0 Å². The molecule has 2 rings (SSSR count).